The van der Waals surface area contributed by atoms with Crippen LogP contribution in [0, 0.1) is 6.92 Å². The highest BCUT2D eigenvalue weighted by Gasteiger charge is 2.25. The molecule has 30 heavy (non-hydrogen) atoms. The first kappa shape index (κ1) is 22.6. The minimum Gasteiger partial charge on any atom is -0.325 e. The quantitative estimate of drug-likeness (QED) is 0.483. The largest absolute Gasteiger partial charge is 0.325 e. The molecule has 0 bridgehead atoms. The molecule has 2 aromatic carbocycles. The Morgan fingerprint density at radius 2 is 1.87 bits per heavy atom. The Labute approximate surface area is 186 Å². The summed E-state index contributed by atoms with van der Waals surface area (Å²) in [7, 11) is -3.81. The zero-order chi connectivity index (χ0) is 21.6. The van der Waals surface area contributed by atoms with Crippen molar-refractivity contribution in [1.29, 1.82) is 0 Å². The number of nitrogens with one attached hydrogen (secondary N) is 2. The van der Waals surface area contributed by atoms with Crippen LogP contribution in [-0.2, 0) is 14.8 Å². The molecular formula is C22H24N2O3S3. The first-order valence-corrected chi connectivity index (χ1v) is 13.2. The van der Waals surface area contributed by atoms with Gasteiger partial charge in [-0.1, -0.05) is 29.8 Å². The molecule has 158 valence electrons. The Balaban J connectivity index is 1.77. The molecule has 0 aliphatic rings. The smallest absolute Gasteiger partial charge is 0.242 e. The lowest BCUT2D eigenvalue weighted by atomic mass is 10.1. The highest BCUT2D eigenvalue weighted by atomic mass is 32.2. The number of sulfonamides is 1. The first-order valence-electron chi connectivity index (χ1n) is 9.40. The van der Waals surface area contributed by atoms with Crippen molar-refractivity contribution in [2.75, 3.05) is 17.3 Å². The van der Waals surface area contributed by atoms with Crippen LogP contribution >= 0.6 is 23.1 Å². The van der Waals surface area contributed by atoms with Crippen molar-refractivity contribution >= 4 is 44.7 Å². The maximum absolute atomic E-state index is 12.9. The van der Waals surface area contributed by atoms with Gasteiger partial charge in [-0.25, -0.2) is 8.42 Å². The van der Waals surface area contributed by atoms with Crippen molar-refractivity contribution in [3.8, 4) is 11.1 Å². The second kappa shape index (κ2) is 10.3. The fraction of sp³-hybridized carbons (Fsp3) is 0.227. The van der Waals surface area contributed by atoms with E-state index in [1.165, 1.54) is 0 Å². The van der Waals surface area contributed by atoms with Gasteiger partial charge in [0.05, 0.1) is 4.90 Å². The van der Waals surface area contributed by atoms with E-state index in [1.54, 1.807) is 53.4 Å². The lowest BCUT2D eigenvalue weighted by molar-refractivity contribution is -0.117. The third kappa shape index (κ3) is 5.95. The number of aryl methyl sites for hydroxylation is 1. The fourth-order valence-electron chi connectivity index (χ4n) is 2.89. The van der Waals surface area contributed by atoms with Crippen LogP contribution in [0.15, 0.2) is 70.3 Å². The van der Waals surface area contributed by atoms with Gasteiger partial charge in [0.1, 0.15) is 6.04 Å². The minimum atomic E-state index is -3.81. The van der Waals surface area contributed by atoms with Crippen molar-refractivity contribution in [2.24, 2.45) is 0 Å². The van der Waals surface area contributed by atoms with Crippen molar-refractivity contribution in [1.82, 2.24) is 4.72 Å². The molecule has 0 fully saturated rings. The number of benzene rings is 2. The number of thioether (sulfide) groups is 1. The molecule has 1 aromatic heterocycles. The van der Waals surface area contributed by atoms with E-state index < -0.39 is 16.1 Å². The average molecular weight is 461 g/mol. The molecule has 0 spiro atoms. The zero-order valence-corrected chi connectivity index (χ0v) is 19.2. The van der Waals surface area contributed by atoms with Crippen LogP contribution in [0.4, 0.5) is 5.69 Å². The van der Waals surface area contributed by atoms with Crippen molar-refractivity contribution in [2.45, 2.75) is 24.3 Å². The Bertz CT molecular complexity index is 1080. The van der Waals surface area contributed by atoms with E-state index >= 15 is 0 Å². The summed E-state index contributed by atoms with van der Waals surface area (Å²) in [6, 6.07) is 15.3. The minimum absolute atomic E-state index is 0.148. The summed E-state index contributed by atoms with van der Waals surface area (Å²) in [6.45, 7) is 1.89. The standard InChI is InChI=1S/C22H24N2O3S3/c1-16-6-8-20(9-7-16)30(26,27)24-21(11-12-28-2)22(25)23-19-5-3-4-17(14-19)18-10-13-29-15-18/h3-10,13-15,21,24H,11-12H2,1-2H3,(H,23,25). The summed E-state index contributed by atoms with van der Waals surface area (Å²) in [4.78, 5) is 13.1. The summed E-state index contributed by atoms with van der Waals surface area (Å²) in [5, 5.41) is 6.90. The summed E-state index contributed by atoms with van der Waals surface area (Å²) >= 11 is 3.17. The van der Waals surface area contributed by atoms with Gasteiger partial charge in [-0.05, 0) is 77.6 Å². The van der Waals surface area contributed by atoms with E-state index in [2.05, 4.69) is 10.0 Å². The van der Waals surface area contributed by atoms with Gasteiger partial charge in [0, 0.05) is 5.69 Å². The number of amides is 1. The highest BCUT2D eigenvalue weighted by Crippen LogP contribution is 2.25. The third-order valence-electron chi connectivity index (χ3n) is 4.54. The van der Waals surface area contributed by atoms with Gasteiger partial charge in [-0.3, -0.25) is 4.79 Å². The predicted octanol–water partition coefficient (Wildman–Crippen LogP) is 4.76. The van der Waals surface area contributed by atoms with Crippen molar-refractivity contribution in [3.05, 3.63) is 70.9 Å². The summed E-state index contributed by atoms with van der Waals surface area (Å²) in [6.07, 6.45) is 2.32. The topological polar surface area (TPSA) is 75.3 Å². The van der Waals surface area contributed by atoms with Gasteiger partial charge in [0.2, 0.25) is 15.9 Å². The monoisotopic (exact) mass is 460 g/mol. The lowest BCUT2D eigenvalue weighted by Crippen LogP contribution is -2.44. The van der Waals surface area contributed by atoms with Crippen molar-refractivity contribution in [3.63, 3.8) is 0 Å². The highest BCUT2D eigenvalue weighted by molar-refractivity contribution is 7.98. The van der Waals surface area contributed by atoms with Crippen LogP contribution in [0.5, 0.6) is 0 Å². The van der Waals surface area contributed by atoms with Crippen LogP contribution in [0.2, 0.25) is 0 Å². The van der Waals surface area contributed by atoms with Crippen molar-refractivity contribution < 1.29 is 13.2 Å². The van der Waals surface area contributed by atoms with Gasteiger partial charge in [-0.2, -0.15) is 27.8 Å². The molecule has 1 heterocycles. The van der Waals surface area contributed by atoms with E-state index in [0.717, 1.165) is 16.7 Å². The predicted molar refractivity (Wildman–Crippen MR) is 127 cm³/mol. The SMILES string of the molecule is CSCCC(NS(=O)(=O)c1ccc(C)cc1)C(=O)Nc1cccc(-c2ccsc2)c1. The normalized spacial score (nSPS) is 12.5. The average Bonchev–Trinajstić information content (AvgIpc) is 3.26. The molecule has 1 amide bonds. The van der Waals surface area contributed by atoms with Crippen LogP contribution in [0.1, 0.15) is 12.0 Å². The molecule has 1 atom stereocenters. The van der Waals surface area contributed by atoms with E-state index in [-0.39, 0.29) is 10.8 Å². The number of carbonyl (C=O) groups is 1. The first-order chi connectivity index (χ1) is 14.4. The van der Waals surface area contributed by atoms with Gasteiger partial charge in [-0.15, -0.1) is 0 Å². The van der Waals surface area contributed by atoms with Crippen LogP contribution in [0.3, 0.4) is 0 Å². The van der Waals surface area contributed by atoms with E-state index in [1.807, 2.05) is 48.2 Å². The lowest BCUT2D eigenvalue weighted by Gasteiger charge is -2.18. The number of thiophene rings is 1. The third-order valence-corrected chi connectivity index (χ3v) is 7.36. The maximum atomic E-state index is 12.9. The molecule has 0 radical (unpaired) electrons. The van der Waals surface area contributed by atoms with Crippen LogP contribution in [-0.4, -0.2) is 32.4 Å². The molecular weight excluding hydrogens is 436 g/mol. The molecule has 8 heteroatoms. The summed E-state index contributed by atoms with van der Waals surface area (Å²) in [5.74, 6) is 0.283. The number of hydrogen-bond donors (Lipinski definition) is 2. The zero-order valence-electron chi connectivity index (χ0n) is 16.8. The molecule has 0 saturated carbocycles. The fourth-order valence-corrected chi connectivity index (χ4v) is 5.25. The number of hydrogen-bond acceptors (Lipinski definition) is 5. The Morgan fingerprint density at radius 3 is 2.53 bits per heavy atom. The van der Waals surface area contributed by atoms with E-state index in [0.29, 0.717) is 17.9 Å². The molecule has 0 aliphatic heterocycles. The van der Waals surface area contributed by atoms with Gasteiger partial charge in [0.25, 0.3) is 0 Å². The molecule has 0 saturated heterocycles. The molecule has 3 rings (SSSR count). The molecule has 2 N–H and O–H groups in total. The Morgan fingerprint density at radius 1 is 1.10 bits per heavy atom. The maximum Gasteiger partial charge on any atom is 0.242 e. The van der Waals surface area contributed by atoms with Crippen LogP contribution < -0.4 is 10.0 Å². The van der Waals surface area contributed by atoms with Gasteiger partial charge < -0.3 is 5.32 Å². The Hall–Kier alpha value is -2.13. The molecule has 0 aliphatic carbocycles. The van der Waals surface area contributed by atoms with Gasteiger partial charge in [0.15, 0.2) is 0 Å². The van der Waals surface area contributed by atoms with Gasteiger partial charge >= 0.3 is 0 Å². The molecule has 5 nitrogen and oxygen atoms in total. The number of rotatable bonds is 9. The van der Waals surface area contributed by atoms with Crippen LogP contribution in [0.25, 0.3) is 11.1 Å². The van der Waals surface area contributed by atoms with E-state index in [4.69, 9.17) is 0 Å². The second-order valence-electron chi connectivity index (χ2n) is 6.85. The summed E-state index contributed by atoms with van der Waals surface area (Å²) in [5.41, 5.74) is 3.67. The summed E-state index contributed by atoms with van der Waals surface area (Å²) < 4.78 is 28.1. The number of anilines is 1. The Kier molecular flexibility index (Phi) is 7.71. The van der Waals surface area contributed by atoms with E-state index in [9.17, 15) is 13.2 Å². The molecule has 1 unspecified atom stereocenters. The molecule has 3 aromatic rings. The number of carbonyl (C=O) groups excluding carboxylic acids is 1. The second-order valence-corrected chi connectivity index (χ2v) is 10.3.